The second-order valence-corrected chi connectivity index (χ2v) is 6.12. The van der Waals surface area contributed by atoms with E-state index in [-0.39, 0.29) is 16.9 Å². The van der Waals surface area contributed by atoms with E-state index in [4.69, 9.17) is 21.3 Å². The standard InChI is InChI=1S/C16H10ClN5O2S/c17-12-4-3-10(7-18)13(6-12)20-14(23)9-25-16-22-21-15(24-16)11-2-1-5-19-8-11/h1-6,8H,9H2,(H,20,23). The van der Waals surface area contributed by atoms with E-state index in [0.717, 1.165) is 11.8 Å². The third-order valence-corrected chi connectivity index (χ3v) is 4.07. The first-order valence-corrected chi connectivity index (χ1v) is 8.38. The molecule has 124 valence electrons. The van der Waals surface area contributed by atoms with Crippen LogP contribution in [0.4, 0.5) is 5.69 Å². The molecule has 0 saturated carbocycles. The molecular formula is C16H10ClN5O2S. The molecule has 3 aromatic rings. The quantitative estimate of drug-likeness (QED) is 0.685. The molecular weight excluding hydrogens is 362 g/mol. The lowest BCUT2D eigenvalue weighted by molar-refractivity contribution is -0.113. The molecule has 7 nitrogen and oxygen atoms in total. The molecule has 0 unspecified atom stereocenters. The first-order chi connectivity index (χ1) is 12.2. The highest BCUT2D eigenvalue weighted by atomic mass is 35.5. The van der Waals surface area contributed by atoms with Gasteiger partial charge in [0.25, 0.3) is 5.22 Å². The van der Waals surface area contributed by atoms with Gasteiger partial charge in [0.15, 0.2) is 0 Å². The molecule has 0 aliphatic carbocycles. The van der Waals surface area contributed by atoms with E-state index in [2.05, 4.69) is 20.5 Å². The Morgan fingerprint density at radius 1 is 1.36 bits per heavy atom. The predicted molar refractivity (Wildman–Crippen MR) is 93.0 cm³/mol. The minimum Gasteiger partial charge on any atom is -0.411 e. The van der Waals surface area contributed by atoms with Gasteiger partial charge in [-0.15, -0.1) is 10.2 Å². The number of nitriles is 1. The highest BCUT2D eigenvalue weighted by Crippen LogP contribution is 2.24. The number of nitrogens with one attached hydrogen (secondary N) is 1. The van der Waals surface area contributed by atoms with Crippen LogP contribution < -0.4 is 5.32 Å². The van der Waals surface area contributed by atoms with Crippen molar-refractivity contribution in [3.63, 3.8) is 0 Å². The van der Waals surface area contributed by atoms with Crippen LogP contribution in [0, 0.1) is 11.3 Å². The molecule has 2 aromatic heterocycles. The zero-order valence-electron chi connectivity index (χ0n) is 12.6. The fourth-order valence-corrected chi connectivity index (χ4v) is 2.64. The Bertz CT molecular complexity index is 939. The second kappa shape index (κ2) is 7.79. The molecule has 0 aliphatic rings. The smallest absolute Gasteiger partial charge is 0.277 e. The number of rotatable bonds is 5. The highest BCUT2D eigenvalue weighted by Gasteiger charge is 2.12. The third-order valence-electron chi connectivity index (χ3n) is 3.02. The van der Waals surface area contributed by atoms with Crippen molar-refractivity contribution in [3.8, 4) is 17.5 Å². The van der Waals surface area contributed by atoms with Crippen LogP contribution >= 0.6 is 23.4 Å². The van der Waals surface area contributed by atoms with Crippen LogP contribution in [0.2, 0.25) is 5.02 Å². The van der Waals surface area contributed by atoms with E-state index in [9.17, 15) is 4.79 Å². The van der Waals surface area contributed by atoms with E-state index >= 15 is 0 Å². The van der Waals surface area contributed by atoms with E-state index < -0.39 is 0 Å². The van der Waals surface area contributed by atoms with Crippen molar-refractivity contribution in [3.05, 3.63) is 53.3 Å². The van der Waals surface area contributed by atoms with E-state index in [0.29, 0.717) is 27.7 Å². The summed E-state index contributed by atoms with van der Waals surface area (Å²) in [6.07, 6.45) is 3.25. The molecule has 2 heterocycles. The highest BCUT2D eigenvalue weighted by molar-refractivity contribution is 7.99. The summed E-state index contributed by atoms with van der Waals surface area (Å²) in [6.45, 7) is 0. The summed E-state index contributed by atoms with van der Waals surface area (Å²) in [7, 11) is 0. The Labute approximate surface area is 152 Å². The average Bonchev–Trinajstić information content (AvgIpc) is 3.10. The van der Waals surface area contributed by atoms with Gasteiger partial charge in [-0.1, -0.05) is 23.4 Å². The lowest BCUT2D eigenvalue weighted by Gasteiger charge is -2.06. The van der Waals surface area contributed by atoms with Gasteiger partial charge in [0.05, 0.1) is 22.6 Å². The SMILES string of the molecule is N#Cc1ccc(Cl)cc1NC(=O)CSc1nnc(-c2cccnc2)o1. The maximum atomic E-state index is 12.1. The summed E-state index contributed by atoms with van der Waals surface area (Å²) in [5, 5.41) is 20.2. The summed E-state index contributed by atoms with van der Waals surface area (Å²) in [5.41, 5.74) is 1.39. The number of aromatic nitrogens is 3. The van der Waals surface area contributed by atoms with Gasteiger partial charge in [0, 0.05) is 17.4 Å². The molecule has 1 amide bonds. The van der Waals surface area contributed by atoms with Gasteiger partial charge in [0.1, 0.15) is 6.07 Å². The molecule has 0 saturated heterocycles. The summed E-state index contributed by atoms with van der Waals surface area (Å²) >= 11 is 6.98. The molecule has 25 heavy (non-hydrogen) atoms. The number of carbonyl (C=O) groups is 1. The minimum atomic E-state index is -0.315. The molecule has 9 heteroatoms. The normalized spacial score (nSPS) is 10.2. The topological polar surface area (TPSA) is 105 Å². The van der Waals surface area contributed by atoms with Gasteiger partial charge in [-0.25, -0.2) is 0 Å². The Kier molecular flexibility index (Phi) is 5.28. The number of hydrogen-bond donors (Lipinski definition) is 1. The molecule has 1 aromatic carbocycles. The fourth-order valence-electron chi connectivity index (χ4n) is 1.90. The van der Waals surface area contributed by atoms with Crippen LogP contribution in [0.25, 0.3) is 11.5 Å². The van der Waals surface area contributed by atoms with Gasteiger partial charge < -0.3 is 9.73 Å². The molecule has 0 spiro atoms. The molecule has 1 N–H and O–H groups in total. The average molecular weight is 372 g/mol. The fraction of sp³-hybridized carbons (Fsp3) is 0.0625. The van der Waals surface area contributed by atoms with E-state index in [1.54, 1.807) is 36.7 Å². The van der Waals surface area contributed by atoms with Gasteiger partial charge >= 0.3 is 0 Å². The van der Waals surface area contributed by atoms with Crippen LogP contribution in [0.5, 0.6) is 0 Å². The summed E-state index contributed by atoms with van der Waals surface area (Å²) < 4.78 is 5.48. The molecule has 0 fully saturated rings. The Morgan fingerprint density at radius 3 is 3.00 bits per heavy atom. The summed E-state index contributed by atoms with van der Waals surface area (Å²) in [6, 6.07) is 10.2. The Balaban J connectivity index is 1.61. The number of benzene rings is 1. The number of pyridine rings is 1. The number of halogens is 1. The first kappa shape index (κ1) is 17.0. The van der Waals surface area contributed by atoms with Crippen LogP contribution in [-0.2, 0) is 4.79 Å². The zero-order chi connectivity index (χ0) is 17.6. The Hall–Kier alpha value is -2.89. The summed E-state index contributed by atoms with van der Waals surface area (Å²) in [5.74, 6) is 0.0639. The number of hydrogen-bond acceptors (Lipinski definition) is 7. The van der Waals surface area contributed by atoms with Gasteiger partial charge in [0.2, 0.25) is 11.8 Å². The molecule has 0 radical (unpaired) electrons. The van der Waals surface area contributed by atoms with E-state index in [1.807, 2.05) is 6.07 Å². The lowest BCUT2D eigenvalue weighted by atomic mass is 10.2. The zero-order valence-corrected chi connectivity index (χ0v) is 14.2. The van der Waals surface area contributed by atoms with Gasteiger partial charge in [-0.2, -0.15) is 5.26 Å². The third kappa shape index (κ3) is 4.35. The van der Waals surface area contributed by atoms with Crippen molar-refractivity contribution >= 4 is 35.0 Å². The first-order valence-electron chi connectivity index (χ1n) is 7.02. The van der Waals surface area contributed by atoms with Gasteiger partial charge in [-0.05, 0) is 30.3 Å². The minimum absolute atomic E-state index is 0.0477. The molecule has 3 rings (SSSR count). The number of carbonyl (C=O) groups excluding carboxylic acids is 1. The maximum Gasteiger partial charge on any atom is 0.277 e. The van der Waals surface area contributed by atoms with Crippen molar-refractivity contribution in [2.24, 2.45) is 0 Å². The Morgan fingerprint density at radius 2 is 2.24 bits per heavy atom. The number of amides is 1. The monoisotopic (exact) mass is 371 g/mol. The molecule has 0 atom stereocenters. The second-order valence-electron chi connectivity index (χ2n) is 4.75. The van der Waals surface area contributed by atoms with E-state index in [1.165, 1.54) is 6.07 Å². The lowest BCUT2D eigenvalue weighted by Crippen LogP contribution is -2.15. The van der Waals surface area contributed by atoms with Crippen LogP contribution in [0.15, 0.2) is 52.4 Å². The largest absolute Gasteiger partial charge is 0.411 e. The maximum absolute atomic E-state index is 12.1. The molecule has 0 bridgehead atoms. The van der Waals surface area contributed by atoms with Crippen LogP contribution in [0.1, 0.15) is 5.56 Å². The van der Waals surface area contributed by atoms with Gasteiger partial charge in [-0.3, -0.25) is 9.78 Å². The number of thioether (sulfide) groups is 1. The van der Waals surface area contributed by atoms with Crippen LogP contribution in [-0.4, -0.2) is 26.8 Å². The van der Waals surface area contributed by atoms with Crippen LogP contribution in [0.3, 0.4) is 0 Å². The van der Waals surface area contributed by atoms with Crippen molar-refractivity contribution in [2.45, 2.75) is 5.22 Å². The van der Waals surface area contributed by atoms with Crippen molar-refractivity contribution in [2.75, 3.05) is 11.1 Å². The van der Waals surface area contributed by atoms with Crippen molar-refractivity contribution in [1.82, 2.24) is 15.2 Å². The number of nitrogens with zero attached hydrogens (tertiary/aromatic N) is 4. The number of anilines is 1. The van der Waals surface area contributed by atoms with Crippen molar-refractivity contribution in [1.29, 1.82) is 5.26 Å². The molecule has 0 aliphatic heterocycles. The predicted octanol–water partition coefficient (Wildman–Crippen LogP) is 3.39. The van der Waals surface area contributed by atoms with Crippen molar-refractivity contribution < 1.29 is 9.21 Å². The summed E-state index contributed by atoms with van der Waals surface area (Å²) in [4.78, 5) is 16.0.